The molecule has 0 amide bonds. The van der Waals surface area contributed by atoms with Crippen molar-refractivity contribution < 1.29 is 0 Å². The number of hydrogen-bond donors (Lipinski definition) is 0. The molecule has 0 fully saturated rings. The van der Waals surface area contributed by atoms with Crippen LogP contribution in [0.4, 0.5) is 11.4 Å². The molecule has 0 aromatic heterocycles. The third-order valence-corrected chi connectivity index (χ3v) is 7.41. The van der Waals surface area contributed by atoms with E-state index in [1.807, 2.05) is 0 Å². The molecule has 2 heteroatoms. The van der Waals surface area contributed by atoms with Crippen LogP contribution in [0.1, 0.15) is 64.7 Å². The third kappa shape index (κ3) is 2.61. The van der Waals surface area contributed by atoms with Crippen molar-refractivity contribution in [2.24, 2.45) is 0 Å². The first kappa shape index (κ1) is 19.1. The highest BCUT2D eigenvalue weighted by atomic mass is 15.2. The van der Waals surface area contributed by atoms with Gasteiger partial charge in [-0.05, 0) is 75.9 Å². The summed E-state index contributed by atoms with van der Waals surface area (Å²) in [5.74, 6) is 0. The van der Waals surface area contributed by atoms with E-state index in [-0.39, 0.29) is 16.5 Å². The number of likely N-dealkylation sites (N-methyl/N-ethyl adjacent to an activating group) is 1. The molecule has 0 bridgehead atoms. The highest BCUT2D eigenvalue weighted by molar-refractivity contribution is 5.82. The Bertz CT molecular complexity index is 966. The lowest BCUT2D eigenvalue weighted by Gasteiger charge is -2.51. The maximum atomic E-state index is 2.45. The van der Waals surface area contributed by atoms with Crippen molar-refractivity contribution in [2.45, 2.75) is 64.5 Å². The van der Waals surface area contributed by atoms with Gasteiger partial charge in [-0.15, -0.1) is 0 Å². The average molecular weight is 375 g/mol. The lowest BCUT2D eigenvalue weighted by atomic mass is 9.65. The van der Waals surface area contributed by atoms with Gasteiger partial charge in [-0.25, -0.2) is 0 Å². The maximum Gasteiger partial charge on any atom is 0.0531 e. The van der Waals surface area contributed by atoms with Crippen molar-refractivity contribution in [3.05, 3.63) is 65.2 Å². The summed E-state index contributed by atoms with van der Waals surface area (Å²) in [6, 6.07) is 16.1. The van der Waals surface area contributed by atoms with E-state index in [1.54, 1.807) is 0 Å². The molecule has 0 radical (unpaired) electrons. The normalized spacial score (nSPS) is 25.1. The molecule has 2 heterocycles. The second-order valence-electron chi connectivity index (χ2n) is 10.2. The number of anilines is 2. The number of benzene rings is 2. The first-order valence-electron chi connectivity index (χ1n) is 10.4. The lowest BCUT2D eigenvalue weighted by molar-refractivity contribution is 0.335. The predicted octanol–water partition coefficient (Wildman–Crippen LogP) is 6.24. The summed E-state index contributed by atoms with van der Waals surface area (Å²) < 4.78 is 0. The first-order valence-corrected chi connectivity index (χ1v) is 10.4. The SMILES string of the molecule is CC1=CC(C)(C)N(C)c2ccc([C@]3(C)CC(C)(C)N(C)c4ccccc43)cc21. The summed E-state index contributed by atoms with van der Waals surface area (Å²) in [5.41, 5.74) is 8.42. The monoisotopic (exact) mass is 374 g/mol. The van der Waals surface area contributed by atoms with Crippen LogP contribution in [0.25, 0.3) is 5.57 Å². The van der Waals surface area contributed by atoms with Gasteiger partial charge in [0.05, 0.1) is 5.54 Å². The van der Waals surface area contributed by atoms with Crippen LogP contribution < -0.4 is 9.80 Å². The Kier molecular flexibility index (Phi) is 4.02. The molecule has 0 spiro atoms. The van der Waals surface area contributed by atoms with Crippen molar-refractivity contribution in [1.82, 2.24) is 0 Å². The topological polar surface area (TPSA) is 6.48 Å². The van der Waals surface area contributed by atoms with Crippen LogP contribution in [-0.4, -0.2) is 25.2 Å². The standard InChI is InChI=1S/C26H34N2/c1-18-16-24(2,3)27(7)22-14-13-19(15-20(18)22)26(6)17-25(4,5)28(8)23-12-10-9-11-21(23)26/h9-16H,17H2,1-8H3/t26-/m0/s1. The van der Waals surface area contributed by atoms with E-state index in [0.29, 0.717) is 0 Å². The van der Waals surface area contributed by atoms with E-state index in [4.69, 9.17) is 0 Å². The predicted molar refractivity (Wildman–Crippen MR) is 123 cm³/mol. The van der Waals surface area contributed by atoms with E-state index in [9.17, 15) is 0 Å². The molecule has 2 aliphatic heterocycles. The minimum absolute atomic E-state index is 0.00650. The number of hydrogen-bond acceptors (Lipinski definition) is 2. The zero-order valence-electron chi connectivity index (χ0n) is 18.7. The quantitative estimate of drug-likeness (QED) is 0.583. The van der Waals surface area contributed by atoms with Gasteiger partial charge < -0.3 is 9.80 Å². The van der Waals surface area contributed by atoms with E-state index in [0.717, 1.165) is 6.42 Å². The molecule has 148 valence electrons. The molecule has 2 nitrogen and oxygen atoms in total. The van der Waals surface area contributed by atoms with E-state index in [2.05, 4.69) is 114 Å². The molecule has 2 aromatic rings. The molecular weight excluding hydrogens is 340 g/mol. The Balaban J connectivity index is 1.91. The number of rotatable bonds is 1. The van der Waals surface area contributed by atoms with Gasteiger partial charge in [-0.1, -0.05) is 37.3 Å². The second kappa shape index (κ2) is 5.89. The van der Waals surface area contributed by atoms with Gasteiger partial charge in [-0.2, -0.15) is 0 Å². The summed E-state index contributed by atoms with van der Waals surface area (Å²) in [6.45, 7) is 14.0. The van der Waals surface area contributed by atoms with Crippen LogP contribution in [0, 0.1) is 0 Å². The Labute approximate surface area is 170 Å². The molecule has 1 atom stereocenters. The molecule has 2 aromatic carbocycles. The fourth-order valence-electron chi connectivity index (χ4n) is 5.40. The zero-order valence-corrected chi connectivity index (χ0v) is 18.7. The summed E-state index contributed by atoms with van der Waals surface area (Å²) in [4.78, 5) is 4.85. The molecule has 28 heavy (non-hydrogen) atoms. The molecule has 0 unspecified atom stereocenters. The molecule has 0 saturated heterocycles. The fraction of sp³-hybridized carbons (Fsp3) is 0.462. The van der Waals surface area contributed by atoms with Crippen molar-refractivity contribution in [3.8, 4) is 0 Å². The Morgan fingerprint density at radius 2 is 1.50 bits per heavy atom. The molecule has 0 N–H and O–H groups in total. The zero-order chi connectivity index (χ0) is 20.5. The summed E-state index contributed by atoms with van der Waals surface area (Å²) in [5, 5.41) is 0. The lowest BCUT2D eigenvalue weighted by Crippen LogP contribution is -2.51. The minimum atomic E-state index is -0.00650. The molecule has 0 saturated carbocycles. The summed E-state index contributed by atoms with van der Waals surface area (Å²) in [7, 11) is 4.44. The van der Waals surface area contributed by atoms with E-state index >= 15 is 0 Å². The molecule has 2 aliphatic rings. The van der Waals surface area contributed by atoms with Crippen molar-refractivity contribution >= 4 is 16.9 Å². The molecule has 4 rings (SSSR count). The number of fused-ring (bicyclic) bond motifs is 2. The highest BCUT2D eigenvalue weighted by Gasteiger charge is 2.44. The Hall–Kier alpha value is -2.22. The van der Waals surface area contributed by atoms with Gasteiger partial charge in [0.1, 0.15) is 0 Å². The van der Waals surface area contributed by atoms with Crippen LogP contribution in [0.15, 0.2) is 48.5 Å². The number of nitrogens with zero attached hydrogens (tertiary/aromatic N) is 2. The van der Waals surface area contributed by atoms with Crippen molar-refractivity contribution in [2.75, 3.05) is 23.9 Å². The van der Waals surface area contributed by atoms with E-state index in [1.165, 1.54) is 33.6 Å². The van der Waals surface area contributed by atoms with Gasteiger partial charge in [0, 0.05) is 42.0 Å². The Morgan fingerprint density at radius 1 is 0.821 bits per heavy atom. The van der Waals surface area contributed by atoms with E-state index < -0.39 is 0 Å². The van der Waals surface area contributed by atoms with Crippen LogP contribution >= 0.6 is 0 Å². The summed E-state index contributed by atoms with van der Waals surface area (Å²) in [6.07, 6.45) is 3.49. The third-order valence-electron chi connectivity index (χ3n) is 7.41. The fourth-order valence-corrected chi connectivity index (χ4v) is 5.40. The average Bonchev–Trinajstić information content (AvgIpc) is 2.63. The molecule has 0 aliphatic carbocycles. The van der Waals surface area contributed by atoms with Gasteiger partial charge in [0.25, 0.3) is 0 Å². The highest BCUT2D eigenvalue weighted by Crippen LogP contribution is 2.51. The minimum Gasteiger partial charge on any atom is -0.369 e. The largest absolute Gasteiger partial charge is 0.369 e. The number of allylic oxidation sites excluding steroid dienone is 1. The number of para-hydroxylation sites is 1. The Morgan fingerprint density at radius 3 is 2.21 bits per heavy atom. The van der Waals surface area contributed by atoms with Crippen molar-refractivity contribution in [1.29, 1.82) is 0 Å². The molecular formula is C26H34N2. The van der Waals surface area contributed by atoms with Gasteiger partial charge in [0.2, 0.25) is 0 Å². The van der Waals surface area contributed by atoms with Gasteiger partial charge in [-0.3, -0.25) is 0 Å². The van der Waals surface area contributed by atoms with Crippen molar-refractivity contribution in [3.63, 3.8) is 0 Å². The van der Waals surface area contributed by atoms with Crippen LogP contribution in [-0.2, 0) is 5.41 Å². The first-order chi connectivity index (χ1) is 13.0. The van der Waals surface area contributed by atoms with Crippen LogP contribution in [0.3, 0.4) is 0 Å². The second-order valence-corrected chi connectivity index (χ2v) is 10.2. The van der Waals surface area contributed by atoms with Gasteiger partial charge >= 0.3 is 0 Å². The summed E-state index contributed by atoms with van der Waals surface area (Å²) >= 11 is 0. The smallest absolute Gasteiger partial charge is 0.0531 e. The van der Waals surface area contributed by atoms with Crippen LogP contribution in [0.2, 0.25) is 0 Å². The van der Waals surface area contributed by atoms with Crippen LogP contribution in [0.5, 0.6) is 0 Å². The van der Waals surface area contributed by atoms with Gasteiger partial charge in [0.15, 0.2) is 0 Å². The maximum absolute atomic E-state index is 2.45.